The van der Waals surface area contributed by atoms with E-state index in [1.54, 1.807) is 55.6 Å². The van der Waals surface area contributed by atoms with Crippen molar-refractivity contribution in [2.75, 3.05) is 11.9 Å². The van der Waals surface area contributed by atoms with Crippen molar-refractivity contribution in [2.45, 2.75) is 64.5 Å². The minimum absolute atomic E-state index is 0.194. The summed E-state index contributed by atoms with van der Waals surface area (Å²) < 4.78 is 7.73. The smallest absolute Gasteiger partial charge is 0.407 e. The van der Waals surface area contributed by atoms with Gasteiger partial charge in [0.15, 0.2) is 0 Å². The van der Waals surface area contributed by atoms with Gasteiger partial charge in [0, 0.05) is 50.4 Å². The van der Waals surface area contributed by atoms with E-state index in [-0.39, 0.29) is 24.2 Å². The summed E-state index contributed by atoms with van der Waals surface area (Å²) in [7, 11) is 3.01. The Morgan fingerprint density at radius 2 is 1.62 bits per heavy atom. The highest BCUT2D eigenvalue weighted by atomic mass is 16.6. The molecule has 1 atom stereocenters. The van der Waals surface area contributed by atoms with Crippen LogP contribution in [-0.2, 0) is 34.8 Å². The molecule has 264 valence electrons. The van der Waals surface area contributed by atoms with E-state index in [4.69, 9.17) is 4.74 Å². The summed E-state index contributed by atoms with van der Waals surface area (Å²) in [5.41, 5.74) is 1.58. The van der Waals surface area contributed by atoms with Gasteiger partial charge in [0.1, 0.15) is 11.6 Å². The number of ether oxygens (including phenoxy) is 1. The minimum atomic E-state index is -0.901. The fourth-order valence-electron chi connectivity index (χ4n) is 5.95. The molecule has 1 aliphatic rings. The monoisotopic (exact) mass is 685 g/mol. The van der Waals surface area contributed by atoms with Gasteiger partial charge in [-0.1, -0.05) is 24.3 Å². The van der Waals surface area contributed by atoms with Gasteiger partial charge in [-0.15, -0.1) is 10.2 Å². The van der Waals surface area contributed by atoms with Gasteiger partial charge in [-0.25, -0.2) is 9.59 Å². The molecule has 0 saturated heterocycles. The summed E-state index contributed by atoms with van der Waals surface area (Å²) in [6, 6.07) is 13.2. The first-order valence-electron chi connectivity index (χ1n) is 16.6. The number of H-pyrrole nitrogens is 1. The lowest BCUT2D eigenvalue weighted by Gasteiger charge is -2.29. The van der Waals surface area contributed by atoms with Crippen LogP contribution in [-0.4, -0.2) is 65.9 Å². The van der Waals surface area contributed by atoms with E-state index in [0.717, 1.165) is 23.0 Å². The Kier molecular flexibility index (Phi) is 10.9. The van der Waals surface area contributed by atoms with Crippen molar-refractivity contribution in [1.29, 1.82) is 0 Å². The number of anilines is 1. The number of benzene rings is 2. The number of rotatable bonds is 10. The van der Waals surface area contributed by atoms with Crippen LogP contribution in [0.4, 0.5) is 10.5 Å². The first-order valence-corrected chi connectivity index (χ1v) is 16.6. The highest BCUT2D eigenvalue weighted by Gasteiger charge is 2.30. The number of carbonyl (C=O) groups is 3. The number of aryl methyl sites for hydroxylation is 1. The lowest BCUT2D eigenvalue weighted by Crippen LogP contribution is -2.48. The summed E-state index contributed by atoms with van der Waals surface area (Å²) in [5, 5.41) is 22.6. The molecule has 1 aliphatic carbocycles. The number of nitrogens with one attached hydrogen (secondary N) is 4. The molecule has 1 saturated carbocycles. The van der Waals surface area contributed by atoms with Crippen LogP contribution in [0.15, 0.2) is 64.3 Å². The van der Waals surface area contributed by atoms with E-state index < -0.39 is 34.9 Å². The van der Waals surface area contributed by atoms with Crippen LogP contribution in [0.25, 0.3) is 22.5 Å². The topological polar surface area (TPSA) is 195 Å². The van der Waals surface area contributed by atoms with Gasteiger partial charge < -0.3 is 25.3 Å². The summed E-state index contributed by atoms with van der Waals surface area (Å²) >= 11 is 0. The number of hydrogen-bond acceptors (Lipinski definition) is 9. The van der Waals surface area contributed by atoms with Crippen molar-refractivity contribution < 1.29 is 19.1 Å². The molecule has 4 aromatic rings. The average molecular weight is 686 g/mol. The van der Waals surface area contributed by atoms with E-state index in [2.05, 4.69) is 36.6 Å². The third-order valence-electron chi connectivity index (χ3n) is 8.69. The summed E-state index contributed by atoms with van der Waals surface area (Å²) in [6.07, 6.45) is 4.00. The predicted octanol–water partition coefficient (Wildman–Crippen LogP) is 2.93. The van der Waals surface area contributed by atoms with Crippen LogP contribution in [0.5, 0.6) is 0 Å². The van der Waals surface area contributed by atoms with Crippen molar-refractivity contribution >= 4 is 23.6 Å². The normalized spacial score (nSPS) is 16.7. The molecule has 0 aliphatic heterocycles. The van der Waals surface area contributed by atoms with Crippen LogP contribution in [0.2, 0.25) is 0 Å². The molecule has 0 spiro atoms. The van der Waals surface area contributed by atoms with E-state index in [9.17, 15) is 24.0 Å². The third-order valence-corrected chi connectivity index (χ3v) is 8.69. The average Bonchev–Trinajstić information content (AvgIpc) is 3.63. The molecule has 1 fully saturated rings. The van der Waals surface area contributed by atoms with Gasteiger partial charge in [-0.05, 0) is 93.0 Å². The molecule has 1 unspecified atom stereocenters. The standard InChI is InChI=1S/C35H43N9O6/c1-35(2,3)50-33(48)36-19-22-8-12-25(13-9-22)30(45)38-28(31(46)37-26-16-14-24(15-17-26)29-39-41-42-40-29)18-21-6-10-23(11-7-21)27-20-43(4)34(49)44(5)32(27)47/h6-7,10-11,14-17,20,22,25,28H,8-9,12-13,18-19H2,1-5H3,(H,36,48)(H,37,46)(H,38,45)(H,39,40,41,42). The molecule has 15 nitrogen and oxygen atoms in total. The van der Waals surface area contributed by atoms with E-state index in [0.29, 0.717) is 47.6 Å². The Balaban J connectivity index is 1.27. The molecular formula is C35H43N9O6. The van der Waals surface area contributed by atoms with Gasteiger partial charge in [0.2, 0.25) is 17.6 Å². The molecule has 0 bridgehead atoms. The second-order valence-corrected chi connectivity index (χ2v) is 13.7. The number of carbonyl (C=O) groups excluding carboxylic acids is 3. The van der Waals surface area contributed by atoms with Gasteiger partial charge in [-0.2, -0.15) is 5.21 Å². The summed E-state index contributed by atoms with van der Waals surface area (Å²) in [5.74, 6) is -0.232. The molecule has 2 aromatic heterocycles. The Bertz CT molecular complexity index is 1920. The summed E-state index contributed by atoms with van der Waals surface area (Å²) in [4.78, 5) is 64.3. The SMILES string of the molecule is Cn1cc(-c2ccc(CC(NC(=O)C3CCC(CNC(=O)OC(C)(C)C)CC3)C(=O)Nc3ccc(-c4nn[nH]n4)cc3)cc2)c(=O)n(C)c1=O. The highest BCUT2D eigenvalue weighted by Crippen LogP contribution is 2.29. The fourth-order valence-corrected chi connectivity index (χ4v) is 5.95. The van der Waals surface area contributed by atoms with Gasteiger partial charge >= 0.3 is 11.8 Å². The number of amides is 3. The van der Waals surface area contributed by atoms with Crippen molar-refractivity contribution in [3.05, 3.63) is 81.1 Å². The van der Waals surface area contributed by atoms with Crippen molar-refractivity contribution in [1.82, 2.24) is 40.4 Å². The molecule has 3 amide bonds. The number of alkyl carbamates (subject to hydrolysis) is 1. The van der Waals surface area contributed by atoms with Gasteiger partial charge in [0.25, 0.3) is 5.56 Å². The number of nitrogens with zero attached hydrogens (tertiary/aromatic N) is 5. The zero-order chi connectivity index (χ0) is 36.0. The second-order valence-electron chi connectivity index (χ2n) is 13.7. The highest BCUT2D eigenvalue weighted by molar-refractivity contribution is 5.97. The lowest BCUT2D eigenvalue weighted by molar-refractivity contribution is -0.130. The largest absolute Gasteiger partial charge is 0.444 e. The van der Waals surface area contributed by atoms with Gasteiger partial charge in [0.05, 0.1) is 5.56 Å². The van der Waals surface area contributed by atoms with Crippen molar-refractivity contribution in [2.24, 2.45) is 25.9 Å². The minimum Gasteiger partial charge on any atom is -0.444 e. The van der Waals surface area contributed by atoms with E-state index >= 15 is 0 Å². The number of aromatic amines is 1. The quantitative estimate of drug-likeness (QED) is 0.194. The molecule has 15 heteroatoms. The lowest BCUT2D eigenvalue weighted by atomic mass is 9.81. The Hall–Kier alpha value is -5.60. The number of aromatic nitrogens is 6. The maximum Gasteiger partial charge on any atom is 0.407 e. The van der Waals surface area contributed by atoms with E-state index in [1.165, 1.54) is 17.8 Å². The third kappa shape index (κ3) is 9.09. The first kappa shape index (κ1) is 35.7. The first-order chi connectivity index (χ1) is 23.8. The molecule has 4 N–H and O–H groups in total. The maximum absolute atomic E-state index is 13.7. The Morgan fingerprint density at radius 1 is 0.960 bits per heavy atom. The molecular weight excluding hydrogens is 642 g/mol. The van der Waals surface area contributed by atoms with E-state index in [1.807, 2.05) is 20.8 Å². The Labute approximate surface area is 288 Å². The van der Waals surface area contributed by atoms with Crippen LogP contribution in [0, 0.1) is 11.8 Å². The molecule has 2 aromatic carbocycles. The van der Waals surface area contributed by atoms with Crippen LogP contribution in [0.1, 0.15) is 52.0 Å². The number of hydrogen-bond donors (Lipinski definition) is 4. The zero-order valence-electron chi connectivity index (χ0n) is 28.9. The van der Waals surface area contributed by atoms with Crippen LogP contribution in [0.3, 0.4) is 0 Å². The van der Waals surface area contributed by atoms with Gasteiger partial charge in [-0.3, -0.25) is 19.0 Å². The summed E-state index contributed by atoms with van der Waals surface area (Å²) in [6.45, 7) is 5.91. The Morgan fingerprint density at radius 3 is 2.24 bits per heavy atom. The maximum atomic E-state index is 13.7. The van der Waals surface area contributed by atoms with Crippen molar-refractivity contribution in [3.8, 4) is 22.5 Å². The fraction of sp³-hybridized carbons (Fsp3) is 0.429. The predicted molar refractivity (Wildman–Crippen MR) is 186 cm³/mol. The molecule has 50 heavy (non-hydrogen) atoms. The van der Waals surface area contributed by atoms with Crippen LogP contribution >= 0.6 is 0 Å². The van der Waals surface area contributed by atoms with Crippen molar-refractivity contribution in [3.63, 3.8) is 0 Å². The molecule has 0 radical (unpaired) electrons. The van der Waals surface area contributed by atoms with Crippen LogP contribution < -0.4 is 27.2 Å². The number of tetrazole rings is 1. The second kappa shape index (κ2) is 15.3. The molecule has 2 heterocycles. The zero-order valence-corrected chi connectivity index (χ0v) is 28.9. The molecule has 5 rings (SSSR count).